The van der Waals surface area contributed by atoms with Gasteiger partial charge in [-0.15, -0.1) is 0 Å². The molecule has 3 rings (SSSR count). The summed E-state index contributed by atoms with van der Waals surface area (Å²) in [6.07, 6.45) is 0. The van der Waals surface area contributed by atoms with Crippen molar-refractivity contribution in [3.63, 3.8) is 0 Å². The molecule has 4 heteroatoms. The number of aliphatic imine (C=N–C) groups is 1. The van der Waals surface area contributed by atoms with Crippen LogP contribution in [0.2, 0.25) is 0 Å². The minimum absolute atomic E-state index is 0.209. The lowest BCUT2D eigenvalue weighted by molar-refractivity contribution is 0.624. The van der Waals surface area contributed by atoms with Crippen LogP contribution in [0.4, 0.5) is 4.39 Å². The molecule has 1 atom stereocenters. The molecule has 0 spiro atoms. The van der Waals surface area contributed by atoms with Gasteiger partial charge >= 0.3 is 0 Å². The standard InChI is InChI=1S/C17H18FN3/c1-12-5-7-14(8-6-12)16-11-20-17(21-16)19-10-13-3-2-4-15(18)9-13/h2-9,16H,10-11H2,1H3,(H2,19,20,21)/t16-/m1/s1. The lowest BCUT2D eigenvalue weighted by atomic mass is 10.1. The van der Waals surface area contributed by atoms with Gasteiger partial charge in [0.05, 0.1) is 12.6 Å². The van der Waals surface area contributed by atoms with Gasteiger partial charge in [-0.25, -0.2) is 4.39 Å². The van der Waals surface area contributed by atoms with E-state index >= 15 is 0 Å². The molecule has 0 amide bonds. The smallest absolute Gasteiger partial charge is 0.192 e. The first-order chi connectivity index (χ1) is 10.2. The quantitative estimate of drug-likeness (QED) is 0.908. The van der Waals surface area contributed by atoms with Gasteiger partial charge in [0, 0.05) is 6.54 Å². The summed E-state index contributed by atoms with van der Waals surface area (Å²) in [6, 6.07) is 15.2. The molecule has 0 radical (unpaired) electrons. The van der Waals surface area contributed by atoms with Gasteiger partial charge in [0.1, 0.15) is 5.82 Å². The number of guanidine groups is 1. The van der Waals surface area contributed by atoms with Gasteiger partial charge in [-0.1, -0.05) is 42.0 Å². The molecule has 2 aromatic carbocycles. The van der Waals surface area contributed by atoms with Crippen LogP contribution in [0.5, 0.6) is 0 Å². The molecule has 0 saturated heterocycles. The van der Waals surface area contributed by atoms with E-state index in [1.165, 1.54) is 23.3 Å². The number of benzene rings is 2. The molecule has 2 N–H and O–H groups in total. The van der Waals surface area contributed by atoms with Crippen molar-refractivity contribution in [3.8, 4) is 0 Å². The maximum Gasteiger partial charge on any atom is 0.192 e. The Balaban J connectivity index is 1.56. The van der Waals surface area contributed by atoms with E-state index in [9.17, 15) is 4.39 Å². The summed E-state index contributed by atoms with van der Waals surface area (Å²) >= 11 is 0. The van der Waals surface area contributed by atoms with Crippen LogP contribution in [0.25, 0.3) is 0 Å². The Kier molecular flexibility index (Phi) is 3.86. The Labute approximate surface area is 123 Å². The molecule has 108 valence electrons. The molecule has 1 heterocycles. The first-order valence-electron chi connectivity index (χ1n) is 7.06. The zero-order chi connectivity index (χ0) is 14.7. The molecule has 1 aliphatic rings. The summed E-state index contributed by atoms with van der Waals surface area (Å²) in [6.45, 7) is 3.35. The fraction of sp³-hybridized carbons (Fsp3) is 0.235. The summed E-state index contributed by atoms with van der Waals surface area (Å²) < 4.78 is 13.1. The highest BCUT2D eigenvalue weighted by molar-refractivity contribution is 5.82. The summed E-state index contributed by atoms with van der Waals surface area (Å²) in [4.78, 5) is 4.45. The largest absolute Gasteiger partial charge is 0.352 e. The van der Waals surface area contributed by atoms with Crippen molar-refractivity contribution in [2.45, 2.75) is 19.5 Å². The van der Waals surface area contributed by atoms with E-state index in [-0.39, 0.29) is 11.9 Å². The molecule has 3 nitrogen and oxygen atoms in total. The Morgan fingerprint density at radius 1 is 1.24 bits per heavy atom. The molecule has 0 bridgehead atoms. The van der Waals surface area contributed by atoms with Crippen LogP contribution in [-0.2, 0) is 6.54 Å². The van der Waals surface area contributed by atoms with E-state index < -0.39 is 0 Å². The van der Waals surface area contributed by atoms with E-state index in [0.29, 0.717) is 13.1 Å². The molecule has 0 saturated carbocycles. The summed E-state index contributed by atoms with van der Waals surface area (Å²) in [5, 5.41) is 6.57. The normalized spacial score (nSPS) is 17.2. The first-order valence-corrected chi connectivity index (χ1v) is 7.06. The SMILES string of the molecule is Cc1ccc([C@H]2CN=C(NCc3cccc(F)c3)N2)cc1. The topological polar surface area (TPSA) is 36.4 Å². The highest BCUT2D eigenvalue weighted by Gasteiger charge is 2.18. The Bertz CT molecular complexity index is 649. The second-order valence-electron chi connectivity index (χ2n) is 5.28. The number of hydrogen-bond donors (Lipinski definition) is 2. The second-order valence-corrected chi connectivity index (χ2v) is 5.28. The predicted molar refractivity (Wildman–Crippen MR) is 82.6 cm³/mol. The molecule has 0 aromatic heterocycles. The van der Waals surface area contributed by atoms with Gasteiger partial charge in [-0.2, -0.15) is 0 Å². The molecule has 0 fully saturated rings. The van der Waals surface area contributed by atoms with Crippen LogP contribution in [0.1, 0.15) is 22.7 Å². The van der Waals surface area contributed by atoms with Crippen molar-refractivity contribution in [1.29, 1.82) is 0 Å². The molecule has 2 aromatic rings. The average Bonchev–Trinajstić information content (AvgIpc) is 2.95. The third-order valence-corrected chi connectivity index (χ3v) is 3.57. The fourth-order valence-electron chi connectivity index (χ4n) is 2.37. The van der Waals surface area contributed by atoms with Crippen molar-refractivity contribution in [1.82, 2.24) is 10.6 Å². The van der Waals surface area contributed by atoms with Gasteiger partial charge < -0.3 is 10.6 Å². The minimum atomic E-state index is -0.215. The van der Waals surface area contributed by atoms with Crippen molar-refractivity contribution in [2.75, 3.05) is 6.54 Å². The number of nitrogens with one attached hydrogen (secondary N) is 2. The van der Waals surface area contributed by atoms with Crippen molar-refractivity contribution >= 4 is 5.96 Å². The molecule has 21 heavy (non-hydrogen) atoms. The van der Waals surface area contributed by atoms with Crippen molar-refractivity contribution < 1.29 is 4.39 Å². The van der Waals surface area contributed by atoms with Gasteiger partial charge in [0.2, 0.25) is 0 Å². The second kappa shape index (κ2) is 5.95. The number of nitrogens with zero attached hydrogens (tertiary/aromatic N) is 1. The van der Waals surface area contributed by atoms with Crippen molar-refractivity contribution in [2.24, 2.45) is 4.99 Å². The Morgan fingerprint density at radius 3 is 2.81 bits per heavy atom. The summed E-state index contributed by atoms with van der Waals surface area (Å²) in [5.41, 5.74) is 3.38. The van der Waals surface area contributed by atoms with Crippen LogP contribution in [0.15, 0.2) is 53.5 Å². The third kappa shape index (κ3) is 3.40. The van der Waals surface area contributed by atoms with E-state index in [2.05, 4.69) is 46.8 Å². The predicted octanol–water partition coefficient (Wildman–Crippen LogP) is 2.92. The van der Waals surface area contributed by atoms with Crippen LogP contribution in [0, 0.1) is 12.7 Å². The minimum Gasteiger partial charge on any atom is -0.352 e. The van der Waals surface area contributed by atoms with Crippen LogP contribution >= 0.6 is 0 Å². The van der Waals surface area contributed by atoms with Gasteiger partial charge in [-0.05, 0) is 30.2 Å². The van der Waals surface area contributed by atoms with Gasteiger partial charge in [-0.3, -0.25) is 4.99 Å². The zero-order valence-corrected chi connectivity index (χ0v) is 11.9. The number of halogens is 1. The lowest BCUT2D eigenvalue weighted by Crippen LogP contribution is -2.34. The van der Waals surface area contributed by atoms with E-state index in [1.54, 1.807) is 6.07 Å². The Morgan fingerprint density at radius 2 is 2.05 bits per heavy atom. The lowest BCUT2D eigenvalue weighted by Gasteiger charge is -2.13. The van der Waals surface area contributed by atoms with Gasteiger partial charge in [0.15, 0.2) is 5.96 Å². The molecule has 1 aliphatic heterocycles. The Hall–Kier alpha value is -2.36. The van der Waals surface area contributed by atoms with Crippen LogP contribution < -0.4 is 10.6 Å². The van der Waals surface area contributed by atoms with Crippen LogP contribution in [0.3, 0.4) is 0 Å². The maximum absolute atomic E-state index is 13.1. The third-order valence-electron chi connectivity index (χ3n) is 3.57. The van der Waals surface area contributed by atoms with E-state index in [1.807, 2.05) is 6.07 Å². The van der Waals surface area contributed by atoms with Crippen LogP contribution in [-0.4, -0.2) is 12.5 Å². The highest BCUT2D eigenvalue weighted by atomic mass is 19.1. The van der Waals surface area contributed by atoms with Gasteiger partial charge in [0.25, 0.3) is 0 Å². The summed E-state index contributed by atoms with van der Waals surface area (Å²) in [7, 11) is 0. The molecular formula is C17H18FN3. The average molecular weight is 283 g/mol. The monoisotopic (exact) mass is 283 g/mol. The van der Waals surface area contributed by atoms with E-state index in [0.717, 1.165) is 11.5 Å². The van der Waals surface area contributed by atoms with Crippen molar-refractivity contribution in [3.05, 3.63) is 71.0 Å². The maximum atomic E-state index is 13.1. The fourth-order valence-corrected chi connectivity index (χ4v) is 2.37. The zero-order valence-electron chi connectivity index (χ0n) is 11.9. The molecule has 0 unspecified atom stereocenters. The molecule has 0 aliphatic carbocycles. The summed E-state index contributed by atoms with van der Waals surface area (Å²) in [5.74, 6) is 0.554. The first kappa shape index (κ1) is 13.6. The highest BCUT2D eigenvalue weighted by Crippen LogP contribution is 2.17. The van der Waals surface area contributed by atoms with E-state index in [4.69, 9.17) is 0 Å². The number of hydrogen-bond acceptors (Lipinski definition) is 3. The number of rotatable bonds is 3. The number of aryl methyl sites for hydroxylation is 1. The molecular weight excluding hydrogens is 265 g/mol.